The Balaban J connectivity index is 2.10. The van der Waals surface area contributed by atoms with Gasteiger partial charge in [0.05, 0.1) is 17.6 Å². The summed E-state index contributed by atoms with van der Waals surface area (Å²) in [5.41, 5.74) is 11.8. The zero-order valence-electron chi connectivity index (χ0n) is 15.4. The zero-order chi connectivity index (χ0) is 18.7. The van der Waals surface area contributed by atoms with Crippen LogP contribution in [0.1, 0.15) is 22.5 Å². The summed E-state index contributed by atoms with van der Waals surface area (Å²) < 4.78 is 16.1. The first-order chi connectivity index (χ1) is 12.5. The van der Waals surface area contributed by atoms with Crippen LogP contribution < -0.4 is 5.73 Å². The molecule has 0 saturated carbocycles. The predicted molar refractivity (Wildman–Crippen MR) is 108 cm³/mol. The van der Waals surface area contributed by atoms with Gasteiger partial charge in [0, 0.05) is 34.8 Å². The number of hydrogen-bond donors (Lipinski definition) is 1. The van der Waals surface area contributed by atoms with Crippen LogP contribution >= 0.6 is 11.8 Å². The number of thioether (sulfide) groups is 1. The van der Waals surface area contributed by atoms with Crippen LogP contribution in [0, 0.1) is 13.8 Å². The Kier molecular flexibility index (Phi) is 5.79. The average molecular weight is 370 g/mol. The standard InChI is InChI=1S/C21H24FN3S/c1-14-7-8-20-21(24-14)19(12-16-5-4-6-18(11-16)26-3)15(2)25(20)13-17(22)9-10-23/h4-9,11H,10,12-13,23H2,1-3H3/b17-9-. The van der Waals surface area contributed by atoms with Gasteiger partial charge in [-0.25, -0.2) is 4.39 Å². The number of fused-ring (bicyclic) bond motifs is 1. The number of nitrogens with two attached hydrogens (primary N) is 1. The maximum atomic E-state index is 14.1. The molecule has 0 saturated heterocycles. The van der Waals surface area contributed by atoms with E-state index in [9.17, 15) is 4.39 Å². The lowest BCUT2D eigenvalue weighted by atomic mass is 10.0. The van der Waals surface area contributed by atoms with Crippen LogP contribution in [-0.2, 0) is 13.0 Å². The van der Waals surface area contributed by atoms with E-state index in [4.69, 9.17) is 10.7 Å². The van der Waals surface area contributed by atoms with Crippen molar-refractivity contribution in [3.63, 3.8) is 0 Å². The first-order valence-electron chi connectivity index (χ1n) is 8.66. The number of rotatable bonds is 6. The lowest BCUT2D eigenvalue weighted by Crippen LogP contribution is -2.04. The monoisotopic (exact) mass is 369 g/mol. The molecule has 3 rings (SSSR count). The molecule has 0 fully saturated rings. The Morgan fingerprint density at radius 2 is 2.08 bits per heavy atom. The van der Waals surface area contributed by atoms with Crippen molar-refractivity contribution < 1.29 is 4.39 Å². The summed E-state index contributed by atoms with van der Waals surface area (Å²) in [5.74, 6) is -0.219. The van der Waals surface area contributed by atoms with Crippen molar-refractivity contribution in [2.24, 2.45) is 5.73 Å². The van der Waals surface area contributed by atoms with E-state index in [-0.39, 0.29) is 18.9 Å². The minimum absolute atomic E-state index is 0.190. The topological polar surface area (TPSA) is 43.8 Å². The summed E-state index contributed by atoms with van der Waals surface area (Å²) in [6.07, 6.45) is 4.28. The fourth-order valence-electron chi connectivity index (χ4n) is 3.25. The van der Waals surface area contributed by atoms with Gasteiger partial charge in [0.2, 0.25) is 0 Å². The van der Waals surface area contributed by atoms with Gasteiger partial charge in [0.1, 0.15) is 5.83 Å². The average Bonchev–Trinajstić information content (AvgIpc) is 2.87. The largest absolute Gasteiger partial charge is 0.336 e. The molecule has 2 aromatic heterocycles. The first kappa shape index (κ1) is 18.7. The molecule has 0 aliphatic heterocycles. The maximum Gasteiger partial charge on any atom is 0.117 e. The minimum atomic E-state index is -0.219. The summed E-state index contributed by atoms with van der Waals surface area (Å²) in [5, 5.41) is 0. The fourth-order valence-corrected chi connectivity index (χ4v) is 3.73. The van der Waals surface area contributed by atoms with Gasteiger partial charge in [0.25, 0.3) is 0 Å². The van der Waals surface area contributed by atoms with Crippen molar-refractivity contribution in [1.82, 2.24) is 9.55 Å². The van der Waals surface area contributed by atoms with Crippen molar-refractivity contribution in [2.75, 3.05) is 12.8 Å². The number of allylic oxidation sites excluding steroid dienone is 1. The second-order valence-electron chi connectivity index (χ2n) is 6.39. The summed E-state index contributed by atoms with van der Waals surface area (Å²) in [6.45, 7) is 4.42. The molecule has 2 heterocycles. The van der Waals surface area contributed by atoms with Gasteiger partial charge in [-0.2, -0.15) is 0 Å². The highest BCUT2D eigenvalue weighted by Gasteiger charge is 2.17. The van der Waals surface area contributed by atoms with E-state index in [0.717, 1.165) is 34.4 Å². The van der Waals surface area contributed by atoms with Gasteiger partial charge >= 0.3 is 0 Å². The molecular formula is C21H24FN3S. The maximum absolute atomic E-state index is 14.1. The highest BCUT2D eigenvalue weighted by molar-refractivity contribution is 7.98. The first-order valence-corrected chi connectivity index (χ1v) is 9.88. The number of pyridine rings is 1. The second-order valence-corrected chi connectivity index (χ2v) is 7.27. The van der Waals surface area contributed by atoms with Gasteiger partial charge in [-0.1, -0.05) is 12.1 Å². The molecule has 0 aliphatic rings. The fraction of sp³-hybridized carbons (Fsp3) is 0.286. The van der Waals surface area contributed by atoms with Crippen molar-refractivity contribution in [1.29, 1.82) is 0 Å². The van der Waals surface area contributed by atoms with Crippen LogP contribution in [0.2, 0.25) is 0 Å². The Bertz CT molecular complexity index is 959. The normalized spacial score (nSPS) is 12.1. The molecule has 0 aliphatic carbocycles. The van der Waals surface area contributed by atoms with Crippen LogP contribution in [0.15, 0.2) is 53.2 Å². The molecular weight excluding hydrogens is 345 g/mol. The lowest BCUT2D eigenvalue weighted by Gasteiger charge is -2.08. The molecule has 2 N–H and O–H groups in total. The van der Waals surface area contributed by atoms with Gasteiger partial charge in [-0.05, 0) is 56.0 Å². The summed E-state index contributed by atoms with van der Waals surface area (Å²) in [7, 11) is 0. The Morgan fingerprint density at radius 1 is 1.27 bits per heavy atom. The van der Waals surface area contributed by atoms with E-state index in [1.165, 1.54) is 16.5 Å². The minimum Gasteiger partial charge on any atom is -0.336 e. The number of aryl methyl sites for hydroxylation is 1. The van der Waals surface area contributed by atoms with E-state index in [1.54, 1.807) is 11.8 Å². The number of aromatic nitrogens is 2. The van der Waals surface area contributed by atoms with Crippen molar-refractivity contribution >= 4 is 22.8 Å². The van der Waals surface area contributed by atoms with E-state index in [2.05, 4.69) is 30.5 Å². The molecule has 1 aromatic carbocycles. The third kappa shape index (κ3) is 3.84. The number of nitrogens with zero attached hydrogens (tertiary/aromatic N) is 2. The number of hydrogen-bond acceptors (Lipinski definition) is 3. The molecule has 0 amide bonds. The number of benzene rings is 1. The summed E-state index contributed by atoms with van der Waals surface area (Å²) >= 11 is 1.73. The molecule has 5 heteroatoms. The Hall–Kier alpha value is -2.11. The van der Waals surface area contributed by atoms with Gasteiger partial charge in [-0.15, -0.1) is 11.8 Å². The van der Waals surface area contributed by atoms with Crippen molar-refractivity contribution in [3.8, 4) is 0 Å². The van der Waals surface area contributed by atoms with Crippen LogP contribution in [0.5, 0.6) is 0 Å². The van der Waals surface area contributed by atoms with E-state index in [0.29, 0.717) is 0 Å². The molecule has 0 bridgehead atoms. The SMILES string of the molecule is CSc1cccc(Cc2c(C)n(C/C(F)=C/CN)c3ccc(C)nc23)c1. The Labute approximate surface area is 158 Å². The third-order valence-electron chi connectivity index (χ3n) is 4.59. The van der Waals surface area contributed by atoms with Crippen LogP contribution in [-0.4, -0.2) is 22.4 Å². The summed E-state index contributed by atoms with van der Waals surface area (Å²) in [6, 6.07) is 12.5. The molecule has 0 spiro atoms. The van der Waals surface area contributed by atoms with Crippen LogP contribution in [0.25, 0.3) is 11.0 Å². The highest BCUT2D eigenvalue weighted by Crippen LogP contribution is 2.29. The summed E-state index contributed by atoms with van der Waals surface area (Å²) in [4.78, 5) is 6.00. The zero-order valence-corrected chi connectivity index (χ0v) is 16.2. The van der Waals surface area contributed by atoms with Crippen LogP contribution in [0.3, 0.4) is 0 Å². The van der Waals surface area contributed by atoms with Gasteiger partial charge in [0.15, 0.2) is 0 Å². The number of halogens is 1. The van der Waals surface area contributed by atoms with Gasteiger partial charge in [-0.3, -0.25) is 4.98 Å². The Morgan fingerprint density at radius 3 is 2.81 bits per heavy atom. The third-order valence-corrected chi connectivity index (χ3v) is 5.32. The molecule has 26 heavy (non-hydrogen) atoms. The molecule has 0 unspecified atom stereocenters. The molecule has 3 nitrogen and oxygen atoms in total. The lowest BCUT2D eigenvalue weighted by molar-refractivity contribution is 0.554. The van der Waals surface area contributed by atoms with E-state index < -0.39 is 0 Å². The van der Waals surface area contributed by atoms with Crippen LogP contribution in [0.4, 0.5) is 4.39 Å². The van der Waals surface area contributed by atoms with E-state index in [1.807, 2.05) is 30.5 Å². The van der Waals surface area contributed by atoms with Crippen molar-refractivity contribution in [2.45, 2.75) is 31.7 Å². The highest BCUT2D eigenvalue weighted by atomic mass is 32.2. The van der Waals surface area contributed by atoms with Crippen molar-refractivity contribution in [3.05, 3.63) is 70.8 Å². The second kappa shape index (κ2) is 8.06. The predicted octanol–water partition coefficient (Wildman–Crippen LogP) is 4.78. The van der Waals surface area contributed by atoms with Gasteiger partial charge < -0.3 is 10.3 Å². The molecule has 136 valence electrons. The van der Waals surface area contributed by atoms with E-state index >= 15 is 0 Å². The molecule has 0 atom stereocenters. The quantitative estimate of drug-likeness (QED) is 0.636. The molecule has 0 radical (unpaired) electrons. The smallest absolute Gasteiger partial charge is 0.117 e. The molecule has 3 aromatic rings.